The quantitative estimate of drug-likeness (QED) is 0.652. The smallest absolute Gasteiger partial charge is 0.407 e. The number of nitrogens with zero attached hydrogens (tertiary/aromatic N) is 4. The highest BCUT2D eigenvalue weighted by Crippen LogP contribution is 2.42. The SMILES string of the molecule is CC(=O)N[C@@H](CCN1[C@@H]2CC[C@H]1C[C@@H](n1c(C)nc3c1CCN(C(=O)O)C3)C2)c1cccc(F)c1. The van der Waals surface area contributed by atoms with Crippen molar-refractivity contribution in [2.75, 3.05) is 13.1 Å². The molecule has 0 spiro atoms. The van der Waals surface area contributed by atoms with Gasteiger partial charge in [-0.05, 0) is 56.7 Å². The number of rotatable bonds is 6. The summed E-state index contributed by atoms with van der Waals surface area (Å²) in [4.78, 5) is 32.0. The Kier molecular flexibility index (Phi) is 6.53. The van der Waals surface area contributed by atoms with Crippen molar-refractivity contribution in [3.63, 3.8) is 0 Å². The molecule has 188 valence electrons. The lowest BCUT2D eigenvalue weighted by Gasteiger charge is -2.41. The molecule has 35 heavy (non-hydrogen) atoms. The highest BCUT2D eigenvalue weighted by molar-refractivity contribution is 5.73. The maximum atomic E-state index is 13.8. The summed E-state index contributed by atoms with van der Waals surface area (Å²) in [7, 11) is 0. The van der Waals surface area contributed by atoms with Gasteiger partial charge in [0.1, 0.15) is 11.6 Å². The van der Waals surface area contributed by atoms with Crippen LogP contribution in [0.3, 0.4) is 0 Å². The highest BCUT2D eigenvalue weighted by Gasteiger charge is 2.42. The number of carboxylic acid groups (broad SMARTS) is 1. The Bertz CT molecular complexity index is 1100. The molecule has 2 aromatic rings. The third-order valence-electron chi connectivity index (χ3n) is 8.03. The number of hydrogen-bond donors (Lipinski definition) is 2. The van der Waals surface area contributed by atoms with Gasteiger partial charge in [0, 0.05) is 50.3 Å². The van der Waals surface area contributed by atoms with Crippen LogP contribution in [0, 0.1) is 12.7 Å². The van der Waals surface area contributed by atoms with Crippen LogP contribution in [0.4, 0.5) is 9.18 Å². The third kappa shape index (κ3) is 4.78. The number of piperidine rings is 1. The number of carbonyl (C=O) groups excluding carboxylic acids is 1. The molecular formula is C26H34FN5O3. The summed E-state index contributed by atoms with van der Waals surface area (Å²) in [6.07, 6.45) is 4.99. The van der Waals surface area contributed by atoms with Crippen molar-refractivity contribution in [3.8, 4) is 0 Å². The lowest BCUT2D eigenvalue weighted by Crippen LogP contribution is -2.45. The zero-order chi connectivity index (χ0) is 24.7. The summed E-state index contributed by atoms with van der Waals surface area (Å²) in [6.45, 7) is 5.29. The van der Waals surface area contributed by atoms with Crippen molar-refractivity contribution in [1.82, 2.24) is 24.7 Å². The molecule has 0 radical (unpaired) electrons. The fourth-order valence-corrected chi connectivity index (χ4v) is 6.58. The van der Waals surface area contributed by atoms with Crippen molar-refractivity contribution in [2.45, 2.75) is 83.1 Å². The lowest BCUT2D eigenvalue weighted by molar-refractivity contribution is -0.119. The lowest BCUT2D eigenvalue weighted by atomic mass is 9.94. The Morgan fingerprint density at radius 3 is 2.63 bits per heavy atom. The van der Waals surface area contributed by atoms with Gasteiger partial charge in [0.15, 0.2) is 0 Å². The first-order valence-corrected chi connectivity index (χ1v) is 12.6. The van der Waals surface area contributed by atoms with E-state index in [4.69, 9.17) is 4.98 Å². The van der Waals surface area contributed by atoms with Gasteiger partial charge < -0.3 is 19.9 Å². The van der Waals surface area contributed by atoms with Crippen LogP contribution in [0.25, 0.3) is 0 Å². The van der Waals surface area contributed by atoms with Crippen molar-refractivity contribution >= 4 is 12.0 Å². The normalized spacial score (nSPS) is 24.8. The minimum atomic E-state index is -0.884. The van der Waals surface area contributed by atoms with Gasteiger partial charge >= 0.3 is 6.09 Å². The molecule has 4 atom stereocenters. The number of halogens is 1. The maximum absolute atomic E-state index is 13.8. The Balaban J connectivity index is 1.27. The summed E-state index contributed by atoms with van der Waals surface area (Å²) in [5.41, 5.74) is 2.91. The van der Waals surface area contributed by atoms with Crippen molar-refractivity contribution < 1.29 is 19.1 Å². The van der Waals surface area contributed by atoms with Gasteiger partial charge in [-0.25, -0.2) is 14.2 Å². The maximum Gasteiger partial charge on any atom is 0.407 e. The average Bonchev–Trinajstić information content (AvgIpc) is 3.26. The molecule has 8 nitrogen and oxygen atoms in total. The van der Waals surface area contributed by atoms with Gasteiger partial charge in [0.2, 0.25) is 5.91 Å². The van der Waals surface area contributed by atoms with Gasteiger partial charge in [-0.3, -0.25) is 9.69 Å². The van der Waals surface area contributed by atoms with E-state index < -0.39 is 6.09 Å². The van der Waals surface area contributed by atoms with E-state index in [-0.39, 0.29) is 17.8 Å². The standard InChI is InChI=1S/C26H34FN5O3/c1-16-28-24-15-30(26(34)35)10-9-25(24)32(16)22-13-20-6-7-21(14-22)31(20)11-8-23(29-17(2)33)18-4-3-5-19(27)12-18/h3-5,12,20-23H,6-11,13-15H2,1-2H3,(H,29,33)(H,34,35)/t20-,21+,22+,23-/m0/s1. The number of imidazole rings is 1. The summed E-state index contributed by atoms with van der Waals surface area (Å²) in [5, 5.41) is 12.4. The number of aromatic nitrogens is 2. The average molecular weight is 484 g/mol. The minimum absolute atomic E-state index is 0.109. The zero-order valence-electron chi connectivity index (χ0n) is 20.4. The predicted octanol–water partition coefficient (Wildman–Crippen LogP) is 3.80. The largest absolute Gasteiger partial charge is 0.465 e. The number of fused-ring (bicyclic) bond motifs is 3. The second-order valence-corrected chi connectivity index (χ2v) is 10.2. The molecular weight excluding hydrogens is 449 g/mol. The molecule has 9 heteroatoms. The first-order valence-electron chi connectivity index (χ1n) is 12.6. The van der Waals surface area contributed by atoms with Crippen LogP contribution in [0.2, 0.25) is 0 Å². The van der Waals surface area contributed by atoms with E-state index in [2.05, 4.69) is 14.8 Å². The molecule has 4 heterocycles. The van der Waals surface area contributed by atoms with Crippen molar-refractivity contribution in [1.29, 1.82) is 0 Å². The van der Waals surface area contributed by atoms with E-state index >= 15 is 0 Å². The predicted molar refractivity (Wildman–Crippen MR) is 128 cm³/mol. The Morgan fingerprint density at radius 1 is 1.23 bits per heavy atom. The molecule has 0 unspecified atom stereocenters. The van der Waals surface area contributed by atoms with E-state index in [1.165, 1.54) is 29.7 Å². The monoisotopic (exact) mass is 483 g/mol. The molecule has 2 bridgehead atoms. The first-order chi connectivity index (χ1) is 16.8. The molecule has 0 saturated carbocycles. The molecule has 3 aliphatic rings. The van der Waals surface area contributed by atoms with Crippen LogP contribution < -0.4 is 5.32 Å². The number of amides is 2. The van der Waals surface area contributed by atoms with Crippen molar-refractivity contribution in [2.24, 2.45) is 0 Å². The van der Waals surface area contributed by atoms with Crippen LogP contribution in [-0.2, 0) is 17.8 Å². The Hall–Kier alpha value is -2.94. The summed E-state index contributed by atoms with van der Waals surface area (Å²) in [5.74, 6) is 0.587. The number of nitrogens with one attached hydrogen (secondary N) is 1. The number of benzene rings is 1. The summed E-state index contributed by atoms with van der Waals surface area (Å²) >= 11 is 0. The van der Waals surface area contributed by atoms with E-state index in [0.29, 0.717) is 37.6 Å². The van der Waals surface area contributed by atoms with Crippen LogP contribution in [0.5, 0.6) is 0 Å². The first kappa shape index (κ1) is 23.8. The summed E-state index contributed by atoms with van der Waals surface area (Å²) in [6, 6.07) is 7.62. The summed E-state index contributed by atoms with van der Waals surface area (Å²) < 4.78 is 16.2. The topological polar surface area (TPSA) is 90.7 Å². The van der Waals surface area contributed by atoms with Crippen LogP contribution in [0.15, 0.2) is 24.3 Å². The van der Waals surface area contributed by atoms with Gasteiger partial charge in [0.05, 0.1) is 18.3 Å². The van der Waals surface area contributed by atoms with Crippen molar-refractivity contribution in [3.05, 3.63) is 52.9 Å². The molecule has 1 aromatic carbocycles. The van der Waals surface area contributed by atoms with Crippen LogP contribution in [0.1, 0.15) is 73.9 Å². The van der Waals surface area contributed by atoms with Gasteiger partial charge in [-0.2, -0.15) is 0 Å². The fourth-order valence-electron chi connectivity index (χ4n) is 6.58. The number of aryl methyl sites for hydroxylation is 1. The number of hydrogen-bond acceptors (Lipinski definition) is 4. The Labute approximate surface area is 205 Å². The third-order valence-corrected chi connectivity index (χ3v) is 8.03. The van der Waals surface area contributed by atoms with E-state index in [1.54, 1.807) is 6.07 Å². The molecule has 0 aliphatic carbocycles. The molecule has 3 aliphatic heterocycles. The molecule has 2 saturated heterocycles. The molecule has 2 amide bonds. The molecule has 2 N–H and O–H groups in total. The fraction of sp³-hybridized carbons (Fsp3) is 0.577. The second-order valence-electron chi connectivity index (χ2n) is 10.2. The Morgan fingerprint density at radius 2 is 1.97 bits per heavy atom. The van der Waals surface area contributed by atoms with Crippen LogP contribution in [-0.4, -0.2) is 61.6 Å². The number of carbonyl (C=O) groups is 2. The molecule has 5 rings (SSSR count). The van der Waals surface area contributed by atoms with E-state index in [1.807, 2.05) is 13.0 Å². The second kappa shape index (κ2) is 9.60. The van der Waals surface area contributed by atoms with E-state index in [0.717, 1.165) is 55.7 Å². The zero-order valence-corrected chi connectivity index (χ0v) is 20.4. The molecule has 2 fully saturated rings. The molecule has 1 aromatic heterocycles. The highest BCUT2D eigenvalue weighted by atomic mass is 19.1. The van der Waals surface area contributed by atoms with Gasteiger partial charge in [-0.15, -0.1) is 0 Å². The van der Waals surface area contributed by atoms with E-state index in [9.17, 15) is 19.1 Å². The van der Waals surface area contributed by atoms with Crippen LogP contribution >= 0.6 is 0 Å². The van der Waals surface area contributed by atoms with Gasteiger partial charge in [-0.1, -0.05) is 12.1 Å². The minimum Gasteiger partial charge on any atom is -0.465 e. The van der Waals surface area contributed by atoms with Gasteiger partial charge in [0.25, 0.3) is 0 Å².